The molecule has 168 valence electrons. The maximum atomic E-state index is 13.4. The van der Waals surface area contributed by atoms with Gasteiger partial charge < -0.3 is 14.8 Å². The van der Waals surface area contributed by atoms with E-state index in [-0.39, 0.29) is 31.0 Å². The Balaban J connectivity index is 1.66. The van der Waals surface area contributed by atoms with E-state index in [1.54, 1.807) is 6.92 Å². The monoisotopic (exact) mass is 439 g/mol. The lowest BCUT2D eigenvalue weighted by molar-refractivity contribution is -0.385. The molecule has 9 nitrogen and oxygen atoms in total. The lowest BCUT2D eigenvalue weighted by atomic mass is 9.84. The number of hydrogen-bond acceptors (Lipinski definition) is 6. The highest BCUT2D eigenvalue weighted by molar-refractivity contribution is 6.07. The lowest BCUT2D eigenvalue weighted by Crippen LogP contribution is -2.40. The molecule has 32 heavy (non-hydrogen) atoms. The van der Waals surface area contributed by atoms with Crippen LogP contribution in [0.25, 0.3) is 0 Å². The van der Waals surface area contributed by atoms with Crippen molar-refractivity contribution in [1.29, 1.82) is 0 Å². The molecule has 0 aromatic heterocycles. The van der Waals surface area contributed by atoms with Gasteiger partial charge >= 0.3 is 6.03 Å². The number of rotatable bonds is 4. The fourth-order valence-electron chi connectivity index (χ4n) is 4.01. The van der Waals surface area contributed by atoms with Gasteiger partial charge in [0.15, 0.2) is 6.79 Å². The van der Waals surface area contributed by atoms with Gasteiger partial charge in [0.05, 0.1) is 18.1 Å². The second-order valence-corrected chi connectivity index (χ2v) is 9.23. The van der Waals surface area contributed by atoms with Gasteiger partial charge in [-0.1, -0.05) is 45.0 Å². The van der Waals surface area contributed by atoms with Crippen molar-refractivity contribution in [3.05, 3.63) is 68.8 Å². The predicted molar refractivity (Wildman–Crippen MR) is 115 cm³/mol. The van der Waals surface area contributed by atoms with Crippen molar-refractivity contribution in [3.63, 3.8) is 0 Å². The van der Waals surface area contributed by atoms with Gasteiger partial charge in [0.2, 0.25) is 0 Å². The summed E-state index contributed by atoms with van der Waals surface area (Å²) in [5.41, 5.74) is 1.23. The number of hydrogen-bond donors (Lipinski definition) is 1. The summed E-state index contributed by atoms with van der Waals surface area (Å²) in [6.07, 6.45) is 0. The summed E-state index contributed by atoms with van der Waals surface area (Å²) in [5.74, 6) is -0.0242. The minimum atomic E-state index is -1.24. The Hall–Kier alpha value is -3.46. The summed E-state index contributed by atoms with van der Waals surface area (Å²) >= 11 is 0. The Bertz CT molecular complexity index is 1110. The summed E-state index contributed by atoms with van der Waals surface area (Å²) in [5, 5.41) is 14.1. The molecule has 3 amide bonds. The van der Waals surface area contributed by atoms with Gasteiger partial charge in [-0.3, -0.25) is 19.8 Å². The van der Waals surface area contributed by atoms with Crippen LogP contribution in [0.1, 0.15) is 49.9 Å². The molecule has 0 bridgehead atoms. The molecular formula is C23H25N3O6. The van der Waals surface area contributed by atoms with E-state index in [1.807, 2.05) is 24.3 Å². The highest BCUT2D eigenvalue weighted by Crippen LogP contribution is 2.36. The third-order valence-corrected chi connectivity index (χ3v) is 5.91. The number of amides is 3. The van der Waals surface area contributed by atoms with Gasteiger partial charge in [0.1, 0.15) is 11.3 Å². The number of non-ortho nitro benzene ring substituents is 1. The van der Waals surface area contributed by atoms with Crippen LogP contribution in [0.5, 0.6) is 5.75 Å². The molecular weight excluding hydrogens is 414 g/mol. The predicted octanol–water partition coefficient (Wildman–Crippen LogP) is 3.73. The maximum absolute atomic E-state index is 13.4. The van der Waals surface area contributed by atoms with E-state index in [2.05, 4.69) is 26.1 Å². The first kappa shape index (κ1) is 21.8. The second-order valence-electron chi connectivity index (χ2n) is 9.23. The fourth-order valence-corrected chi connectivity index (χ4v) is 4.01. The minimum Gasteiger partial charge on any atom is -0.467 e. The highest BCUT2D eigenvalue weighted by Gasteiger charge is 2.49. The largest absolute Gasteiger partial charge is 0.467 e. The average Bonchev–Trinajstić information content (AvgIpc) is 2.97. The molecule has 0 aliphatic carbocycles. The Morgan fingerprint density at radius 1 is 1.19 bits per heavy atom. The number of nitrogens with zero attached hydrogens (tertiary/aromatic N) is 2. The van der Waals surface area contributed by atoms with Crippen LogP contribution < -0.4 is 10.1 Å². The summed E-state index contributed by atoms with van der Waals surface area (Å²) in [6.45, 7) is 7.96. The van der Waals surface area contributed by atoms with E-state index < -0.39 is 22.4 Å². The smallest absolute Gasteiger partial charge is 0.325 e. The van der Waals surface area contributed by atoms with E-state index in [0.29, 0.717) is 22.4 Å². The highest BCUT2D eigenvalue weighted by atomic mass is 16.7. The lowest BCUT2D eigenvalue weighted by Gasteiger charge is -2.25. The number of nitro groups is 1. The first-order valence-electron chi connectivity index (χ1n) is 10.3. The van der Waals surface area contributed by atoms with Crippen molar-refractivity contribution < 1.29 is 24.0 Å². The van der Waals surface area contributed by atoms with Gasteiger partial charge in [-0.05, 0) is 23.5 Å². The zero-order valence-electron chi connectivity index (χ0n) is 18.4. The number of nitro benzene ring substituents is 1. The van der Waals surface area contributed by atoms with Crippen molar-refractivity contribution in [2.45, 2.75) is 51.8 Å². The van der Waals surface area contributed by atoms with E-state index in [0.717, 1.165) is 10.5 Å². The molecule has 0 spiro atoms. The van der Waals surface area contributed by atoms with Crippen LogP contribution in [0.4, 0.5) is 10.5 Å². The van der Waals surface area contributed by atoms with Gasteiger partial charge in [-0.25, -0.2) is 4.79 Å². The molecule has 1 atom stereocenters. The van der Waals surface area contributed by atoms with Gasteiger partial charge in [0.25, 0.3) is 11.6 Å². The van der Waals surface area contributed by atoms with Gasteiger partial charge in [-0.2, -0.15) is 0 Å². The Morgan fingerprint density at radius 3 is 2.50 bits per heavy atom. The molecule has 2 aromatic rings. The number of carbonyl (C=O) groups is 2. The molecule has 2 aromatic carbocycles. The summed E-state index contributed by atoms with van der Waals surface area (Å²) in [6, 6.07) is 9.74. The van der Waals surface area contributed by atoms with Crippen LogP contribution >= 0.6 is 0 Å². The molecule has 9 heteroatoms. The maximum Gasteiger partial charge on any atom is 0.325 e. The molecule has 2 aliphatic heterocycles. The quantitative estimate of drug-likeness (QED) is 0.442. The number of nitrogens with one attached hydrogen (secondary N) is 1. The van der Waals surface area contributed by atoms with E-state index in [1.165, 1.54) is 12.1 Å². The molecule has 0 saturated carbocycles. The van der Waals surface area contributed by atoms with Crippen LogP contribution in [0, 0.1) is 10.1 Å². The first-order chi connectivity index (χ1) is 15.0. The SMILES string of the molecule is CC(C)(C)c1ccc(C2(C)NC(=O)N(Cc3cc([N+](=O)[O-])cc4c3OCOC4)C2=O)cc1. The van der Waals surface area contributed by atoms with Crippen molar-refractivity contribution >= 4 is 17.6 Å². The van der Waals surface area contributed by atoms with Gasteiger partial charge in [0, 0.05) is 23.3 Å². The van der Waals surface area contributed by atoms with Crippen LogP contribution in [0.3, 0.4) is 0 Å². The Kier molecular flexibility index (Phi) is 5.16. The van der Waals surface area contributed by atoms with Crippen molar-refractivity contribution in [2.24, 2.45) is 0 Å². The van der Waals surface area contributed by atoms with Crippen LogP contribution in [-0.4, -0.2) is 28.6 Å². The van der Waals surface area contributed by atoms with Crippen molar-refractivity contribution in [3.8, 4) is 5.75 Å². The number of imide groups is 1. The topological polar surface area (TPSA) is 111 Å². The van der Waals surface area contributed by atoms with E-state index in [9.17, 15) is 19.7 Å². The molecule has 1 fully saturated rings. The molecule has 0 radical (unpaired) electrons. The van der Waals surface area contributed by atoms with Gasteiger partial charge in [-0.15, -0.1) is 0 Å². The summed E-state index contributed by atoms with van der Waals surface area (Å²) in [4.78, 5) is 38.0. The summed E-state index contributed by atoms with van der Waals surface area (Å²) in [7, 11) is 0. The normalized spacial score (nSPS) is 20.6. The Morgan fingerprint density at radius 2 is 1.88 bits per heavy atom. The van der Waals surface area contributed by atoms with Crippen molar-refractivity contribution in [2.75, 3.05) is 6.79 Å². The van der Waals surface area contributed by atoms with E-state index >= 15 is 0 Å². The number of carbonyl (C=O) groups excluding carboxylic acids is 2. The number of fused-ring (bicyclic) bond motifs is 1. The summed E-state index contributed by atoms with van der Waals surface area (Å²) < 4.78 is 10.8. The molecule has 1 N–H and O–H groups in total. The van der Waals surface area contributed by atoms with Crippen LogP contribution in [-0.2, 0) is 33.6 Å². The van der Waals surface area contributed by atoms with Crippen LogP contribution in [0.15, 0.2) is 36.4 Å². The van der Waals surface area contributed by atoms with Crippen LogP contribution in [0.2, 0.25) is 0 Å². The second kappa shape index (κ2) is 7.59. The number of urea groups is 1. The Labute approximate surface area is 185 Å². The number of ether oxygens (including phenoxy) is 2. The molecule has 4 rings (SSSR count). The zero-order chi connectivity index (χ0) is 23.3. The number of benzene rings is 2. The minimum absolute atomic E-state index is 0.00417. The molecule has 1 saturated heterocycles. The third-order valence-electron chi connectivity index (χ3n) is 5.91. The third kappa shape index (κ3) is 3.69. The first-order valence-corrected chi connectivity index (χ1v) is 10.3. The molecule has 2 heterocycles. The fraction of sp³-hybridized carbons (Fsp3) is 0.391. The standard InChI is InChI=1S/C23H25N3O6/c1-22(2,3)16-5-7-17(8-6-16)23(4)20(27)25(21(28)24-23)11-14-9-18(26(29)30)10-15-12-31-13-32-19(14)15/h5-10H,11-13H2,1-4H3,(H,24,28). The molecule has 1 unspecified atom stereocenters. The van der Waals surface area contributed by atoms with Crippen molar-refractivity contribution in [1.82, 2.24) is 10.2 Å². The zero-order valence-corrected chi connectivity index (χ0v) is 18.4. The van der Waals surface area contributed by atoms with E-state index in [4.69, 9.17) is 9.47 Å². The molecule has 2 aliphatic rings. The average molecular weight is 439 g/mol.